The molecule has 2 aromatic rings. The number of thiophene rings is 1. The van der Waals surface area contributed by atoms with Crippen LogP contribution in [0.15, 0.2) is 30.3 Å². The number of primary amides is 1. The summed E-state index contributed by atoms with van der Waals surface area (Å²) in [5, 5.41) is 3.30. The van der Waals surface area contributed by atoms with Gasteiger partial charge in [-0.1, -0.05) is 30.3 Å². The van der Waals surface area contributed by atoms with Gasteiger partial charge in [-0.05, 0) is 37.8 Å². The van der Waals surface area contributed by atoms with Gasteiger partial charge >= 0.3 is 0 Å². The number of hydrogen-bond acceptors (Lipinski definition) is 5. The Balaban J connectivity index is 1.61. The molecule has 0 spiro atoms. The van der Waals surface area contributed by atoms with E-state index in [1.54, 1.807) is 19.1 Å². The van der Waals surface area contributed by atoms with Crippen molar-refractivity contribution >= 4 is 38.2 Å². The highest BCUT2D eigenvalue weighted by Gasteiger charge is 2.32. The van der Waals surface area contributed by atoms with E-state index in [4.69, 9.17) is 5.73 Å². The fraction of sp³-hybridized carbons (Fsp3) is 0.400. The lowest BCUT2D eigenvalue weighted by Crippen LogP contribution is -2.41. The van der Waals surface area contributed by atoms with Crippen molar-refractivity contribution in [3.63, 3.8) is 0 Å². The van der Waals surface area contributed by atoms with Crippen molar-refractivity contribution in [2.45, 2.75) is 32.4 Å². The maximum Gasteiger partial charge on any atom is 0.251 e. The number of amides is 2. The van der Waals surface area contributed by atoms with E-state index in [-0.39, 0.29) is 17.6 Å². The van der Waals surface area contributed by atoms with Gasteiger partial charge in [0.1, 0.15) is 5.00 Å². The van der Waals surface area contributed by atoms with E-state index in [2.05, 4.69) is 5.32 Å². The molecule has 2 amide bonds. The second kappa shape index (κ2) is 8.64. The fourth-order valence-corrected chi connectivity index (χ4v) is 6.13. The van der Waals surface area contributed by atoms with Crippen molar-refractivity contribution < 1.29 is 18.0 Å². The van der Waals surface area contributed by atoms with Crippen molar-refractivity contribution in [1.82, 2.24) is 4.31 Å². The molecule has 2 heterocycles. The molecule has 29 heavy (non-hydrogen) atoms. The molecule has 0 radical (unpaired) electrons. The minimum atomic E-state index is -3.42. The van der Waals surface area contributed by atoms with Crippen LogP contribution in [-0.4, -0.2) is 37.6 Å². The van der Waals surface area contributed by atoms with Crippen LogP contribution in [0.25, 0.3) is 0 Å². The molecule has 1 aliphatic rings. The Morgan fingerprint density at radius 1 is 1.17 bits per heavy atom. The maximum atomic E-state index is 12.7. The van der Waals surface area contributed by atoms with Crippen LogP contribution in [0.4, 0.5) is 5.00 Å². The third-order valence-corrected chi connectivity index (χ3v) is 8.25. The molecule has 0 saturated carbocycles. The third-order valence-electron chi connectivity index (χ3n) is 5.28. The summed E-state index contributed by atoms with van der Waals surface area (Å²) in [6.45, 7) is 4.28. The average molecular weight is 436 g/mol. The number of piperidine rings is 1. The molecule has 1 aliphatic heterocycles. The molecule has 7 nitrogen and oxygen atoms in total. The van der Waals surface area contributed by atoms with E-state index in [1.807, 2.05) is 25.1 Å². The summed E-state index contributed by atoms with van der Waals surface area (Å²) in [5.74, 6) is -1.11. The molecule has 0 unspecified atom stereocenters. The summed E-state index contributed by atoms with van der Waals surface area (Å²) in [5.41, 5.74) is 7.33. The number of aryl methyl sites for hydroxylation is 1. The number of hydrogen-bond donors (Lipinski definition) is 2. The average Bonchev–Trinajstić information content (AvgIpc) is 2.95. The summed E-state index contributed by atoms with van der Waals surface area (Å²) >= 11 is 1.33. The predicted octanol–water partition coefficient (Wildman–Crippen LogP) is 2.64. The normalized spacial score (nSPS) is 15.9. The van der Waals surface area contributed by atoms with Gasteiger partial charge in [0.15, 0.2) is 0 Å². The summed E-state index contributed by atoms with van der Waals surface area (Å²) in [7, 11) is -3.42. The van der Waals surface area contributed by atoms with Crippen LogP contribution in [0.5, 0.6) is 0 Å². The van der Waals surface area contributed by atoms with Crippen LogP contribution in [-0.2, 0) is 20.6 Å². The van der Waals surface area contributed by atoms with Crippen LogP contribution in [0.1, 0.15) is 39.2 Å². The zero-order valence-electron chi connectivity index (χ0n) is 16.5. The molecule has 0 bridgehead atoms. The van der Waals surface area contributed by atoms with Crippen molar-refractivity contribution in [2.75, 3.05) is 18.4 Å². The first-order chi connectivity index (χ1) is 13.7. The number of sulfonamides is 1. The van der Waals surface area contributed by atoms with E-state index in [0.29, 0.717) is 36.5 Å². The molecule has 1 saturated heterocycles. The molecule has 1 aromatic heterocycles. The van der Waals surface area contributed by atoms with Crippen molar-refractivity contribution in [3.05, 3.63) is 51.9 Å². The lowest BCUT2D eigenvalue weighted by atomic mass is 9.97. The standard InChI is InChI=1S/C20H25N3O4S2/c1-13-14(2)28-20(17(13)18(21)24)22-19(25)16-8-10-23(11-9-16)29(26,27)12-15-6-4-3-5-7-15/h3-7,16H,8-12H2,1-2H3,(H2,21,24)(H,22,25). The van der Waals surface area contributed by atoms with Gasteiger partial charge in [-0.25, -0.2) is 12.7 Å². The zero-order chi connectivity index (χ0) is 21.2. The fourth-order valence-electron chi connectivity index (χ4n) is 3.50. The number of nitrogens with zero attached hydrogens (tertiary/aromatic N) is 1. The molecular weight excluding hydrogens is 410 g/mol. The number of rotatable bonds is 6. The largest absolute Gasteiger partial charge is 0.365 e. The highest BCUT2D eigenvalue weighted by molar-refractivity contribution is 7.88. The monoisotopic (exact) mass is 435 g/mol. The van der Waals surface area contributed by atoms with Crippen LogP contribution in [0.2, 0.25) is 0 Å². The smallest absolute Gasteiger partial charge is 0.251 e. The molecule has 9 heteroatoms. The molecule has 3 rings (SSSR count). The second-order valence-electron chi connectivity index (χ2n) is 7.26. The Kier molecular flexibility index (Phi) is 6.40. The quantitative estimate of drug-likeness (QED) is 0.727. The van der Waals surface area contributed by atoms with Crippen LogP contribution in [0.3, 0.4) is 0 Å². The van der Waals surface area contributed by atoms with Gasteiger partial charge in [0, 0.05) is 23.9 Å². The highest BCUT2D eigenvalue weighted by atomic mass is 32.2. The van der Waals surface area contributed by atoms with Gasteiger partial charge < -0.3 is 11.1 Å². The molecule has 0 atom stereocenters. The third kappa shape index (κ3) is 4.85. The molecule has 1 fully saturated rings. The maximum absolute atomic E-state index is 12.7. The van der Waals surface area contributed by atoms with Crippen molar-refractivity contribution in [1.29, 1.82) is 0 Å². The number of benzene rings is 1. The summed E-state index contributed by atoms with van der Waals surface area (Å²) < 4.78 is 26.8. The summed E-state index contributed by atoms with van der Waals surface area (Å²) in [6, 6.07) is 9.06. The second-order valence-corrected chi connectivity index (χ2v) is 10.4. The lowest BCUT2D eigenvalue weighted by molar-refractivity contribution is -0.120. The Hall–Kier alpha value is -2.23. The number of anilines is 1. The SMILES string of the molecule is Cc1sc(NC(=O)C2CCN(S(=O)(=O)Cc3ccccc3)CC2)c(C(N)=O)c1C. The zero-order valence-corrected chi connectivity index (χ0v) is 18.1. The van der Waals surface area contributed by atoms with Crippen molar-refractivity contribution in [2.24, 2.45) is 11.7 Å². The molecule has 3 N–H and O–H groups in total. The van der Waals surface area contributed by atoms with Crippen LogP contribution < -0.4 is 11.1 Å². The number of nitrogens with two attached hydrogens (primary N) is 1. The Morgan fingerprint density at radius 2 is 1.79 bits per heavy atom. The van der Waals surface area contributed by atoms with Gasteiger partial charge in [0.25, 0.3) is 5.91 Å². The van der Waals surface area contributed by atoms with Gasteiger partial charge in [0.2, 0.25) is 15.9 Å². The summed E-state index contributed by atoms with van der Waals surface area (Å²) in [6.07, 6.45) is 0.879. The van der Waals surface area contributed by atoms with Crippen molar-refractivity contribution in [3.8, 4) is 0 Å². The number of nitrogens with one attached hydrogen (secondary N) is 1. The summed E-state index contributed by atoms with van der Waals surface area (Å²) in [4.78, 5) is 25.3. The van der Waals surface area contributed by atoms with Crippen LogP contribution >= 0.6 is 11.3 Å². The Bertz CT molecular complexity index is 1010. The number of carbonyl (C=O) groups excluding carboxylic acids is 2. The van der Waals surface area contributed by atoms with Gasteiger partial charge in [-0.2, -0.15) is 0 Å². The molecule has 156 valence electrons. The van der Waals surface area contributed by atoms with E-state index < -0.39 is 15.9 Å². The lowest BCUT2D eigenvalue weighted by Gasteiger charge is -2.30. The number of carbonyl (C=O) groups is 2. The van der Waals surface area contributed by atoms with E-state index in [1.165, 1.54) is 15.6 Å². The van der Waals surface area contributed by atoms with Crippen LogP contribution in [0, 0.1) is 19.8 Å². The van der Waals surface area contributed by atoms with E-state index in [0.717, 1.165) is 16.0 Å². The predicted molar refractivity (Wildman–Crippen MR) is 114 cm³/mol. The van der Waals surface area contributed by atoms with E-state index in [9.17, 15) is 18.0 Å². The molecule has 0 aliphatic carbocycles. The topological polar surface area (TPSA) is 110 Å². The Morgan fingerprint density at radius 3 is 2.38 bits per heavy atom. The Labute approximate surface area is 175 Å². The van der Waals surface area contributed by atoms with Gasteiger partial charge in [0.05, 0.1) is 11.3 Å². The first kappa shape index (κ1) is 21.5. The van der Waals surface area contributed by atoms with E-state index >= 15 is 0 Å². The molecular formula is C20H25N3O4S2. The first-order valence-corrected chi connectivity index (χ1v) is 11.8. The van der Waals surface area contributed by atoms with Gasteiger partial charge in [-0.3, -0.25) is 9.59 Å². The minimum Gasteiger partial charge on any atom is -0.365 e. The first-order valence-electron chi connectivity index (χ1n) is 9.41. The van der Waals surface area contributed by atoms with Gasteiger partial charge in [-0.15, -0.1) is 11.3 Å². The highest BCUT2D eigenvalue weighted by Crippen LogP contribution is 2.33. The minimum absolute atomic E-state index is 0.0412. The molecule has 1 aromatic carbocycles.